The zero-order chi connectivity index (χ0) is 55.2. The third-order valence-electron chi connectivity index (χ3n) is 11.3. The van der Waals surface area contributed by atoms with Crippen molar-refractivity contribution in [1.82, 2.24) is 64.8 Å². The number of nitrogens with two attached hydrogens (primary N) is 2. The Balaban J connectivity index is 0.000000133. The normalized spacial score (nSPS) is 10.2. The Morgan fingerprint density at radius 3 is 1.00 bits per heavy atom. The van der Waals surface area contributed by atoms with Gasteiger partial charge in [-0.05, 0) is 83.1 Å². The molecule has 0 aliphatic heterocycles. The van der Waals surface area contributed by atoms with E-state index in [9.17, 15) is 0 Å². The fourth-order valence-electron chi connectivity index (χ4n) is 7.73. The maximum absolute atomic E-state index is 5.22. The first-order valence-corrected chi connectivity index (χ1v) is 25.2. The van der Waals surface area contributed by atoms with E-state index in [0.29, 0.717) is 11.6 Å². The molecule has 7 heterocycles. The van der Waals surface area contributed by atoms with Crippen LogP contribution in [0.4, 0.5) is 11.9 Å². The molecule has 0 radical (unpaired) electrons. The average molecular weight is 1040 g/mol. The van der Waals surface area contributed by atoms with Gasteiger partial charge in [0, 0.05) is 52.1 Å². The van der Waals surface area contributed by atoms with Crippen LogP contribution in [0.25, 0.3) is 79.2 Å². The van der Waals surface area contributed by atoms with Crippen molar-refractivity contribution in [3.05, 3.63) is 260 Å². The van der Waals surface area contributed by atoms with Crippen molar-refractivity contribution < 1.29 is 0 Å². The molecule has 0 spiro atoms. The molecule has 0 aliphatic carbocycles. The number of anilines is 2. The first-order chi connectivity index (χ1) is 38.5. The van der Waals surface area contributed by atoms with E-state index in [-0.39, 0.29) is 11.9 Å². The molecule has 0 saturated heterocycles. The number of nitrogen functional groups attached to an aromatic ring is 2. The van der Waals surface area contributed by atoms with Crippen molar-refractivity contribution in [2.45, 2.75) is 34.6 Å². The van der Waals surface area contributed by atoms with E-state index in [1.54, 1.807) is 25.5 Å². The third-order valence-corrected chi connectivity index (χ3v) is 11.3. The lowest BCUT2D eigenvalue weighted by molar-refractivity contribution is 1.00. The van der Waals surface area contributed by atoms with Crippen molar-refractivity contribution in [3.8, 4) is 79.2 Å². The summed E-state index contributed by atoms with van der Waals surface area (Å²) in [6.45, 7) is 9.40. The minimum Gasteiger partial charge on any atom is -0.368 e. The molecule has 0 saturated carbocycles. The van der Waals surface area contributed by atoms with E-state index in [2.05, 4.69) is 101 Å². The molecular weight excluding hydrogens is 979 g/mol. The van der Waals surface area contributed by atoms with Crippen LogP contribution in [-0.2, 0) is 0 Å². The zero-order valence-corrected chi connectivity index (χ0v) is 44.4. The molecule has 0 aliphatic rings. The second-order valence-corrected chi connectivity index (χ2v) is 17.4. The molecule has 5 aromatic carbocycles. The summed E-state index contributed by atoms with van der Waals surface area (Å²) < 4.78 is 0. The van der Waals surface area contributed by atoms with Gasteiger partial charge in [0.25, 0.3) is 0 Å². The molecule has 4 N–H and O–H groups in total. The van der Waals surface area contributed by atoms with Gasteiger partial charge in [0.2, 0.25) is 11.9 Å². The average Bonchev–Trinajstić information content (AvgIpc) is 3.49. The van der Waals surface area contributed by atoms with Gasteiger partial charge in [-0.2, -0.15) is 15.0 Å². The molecule has 0 unspecified atom stereocenters. The standard InChI is InChI=1S/2C17H14N2.C15H12N4.C11H10N2.C4H7N5/c1-13-18-16(14-8-4-2-5-9-14)12-17(19-13)15-10-6-3-7-11-15;1-13-12-16(14-8-4-2-5-9-14)19-17(18-13)15-10-6-3-7-11-15;1-11-18-14(12-6-2-4-8-16-12)10-15(19-11)13-7-3-5-9-17-13;1-9-12-8-7-11(13-9)10-5-3-2-4-6-10;1-2-7-3(5)9-4(6)8-2/h2*2-12H,1H3;2-10H,1H3;2-8H,1H3;1H3,(H4,5,6,7,8,9). The van der Waals surface area contributed by atoms with E-state index in [1.165, 1.54) is 0 Å². The molecule has 0 amide bonds. The predicted octanol–water partition coefficient (Wildman–Crippen LogP) is 12.9. The van der Waals surface area contributed by atoms with Crippen LogP contribution in [0, 0.1) is 34.6 Å². The topological polar surface area (TPSA) is 220 Å². The number of aromatic nitrogens is 13. The first-order valence-electron chi connectivity index (χ1n) is 25.2. The fourth-order valence-corrected chi connectivity index (χ4v) is 7.73. The quantitative estimate of drug-likeness (QED) is 0.152. The number of hydrogen-bond acceptors (Lipinski definition) is 15. The van der Waals surface area contributed by atoms with Crippen LogP contribution in [0.2, 0.25) is 0 Å². The summed E-state index contributed by atoms with van der Waals surface area (Å²) in [7, 11) is 0. The largest absolute Gasteiger partial charge is 0.368 e. The number of pyridine rings is 2. The van der Waals surface area contributed by atoms with Crippen molar-refractivity contribution in [3.63, 3.8) is 0 Å². The third kappa shape index (κ3) is 16.7. The Morgan fingerprint density at radius 1 is 0.241 bits per heavy atom. The van der Waals surface area contributed by atoms with Crippen molar-refractivity contribution in [2.24, 2.45) is 0 Å². The van der Waals surface area contributed by atoms with Crippen LogP contribution in [0.15, 0.2) is 231 Å². The lowest BCUT2D eigenvalue weighted by Gasteiger charge is -2.06. The molecule has 0 atom stereocenters. The summed E-state index contributed by atoms with van der Waals surface area (Å²) in [6, 6.07) is 70.1. The van der Waals surface area contributed by atoms with Gasteiger partial charge >= 0.3 is 0 Å². The first kappa shape index (κ1) is 54.6. The molecule has 388 valence electrons. The highest BCUT2D eigenvalue weighted by Crippen LogP contribution is 2.25. The second kappa shape index (κ2) is 27.7. The molecule has 12 aromatic rings. The maximum Gasteiger partial charge on any atom is 0.225 e. The number of benzene rings is 5. The van der Waals surface area contributed by atoms with Crippen LogP contribution in [0.1, 0.15) is 29.0 Å². The van der Waals surface area contributed by atoms with E-state index in [0.717, 1.165) is 96.5 Å². The van der Waals surface area contributed by atoms with Gasteiger partial charge in [-0.25, -0.2) is 39.9 Å². The summed E-state index contributed by atoms with van der Waals surface area (Å²) in [5.41, 5.74) is 24.1. The summed E-state index contributed by atoms with van der Waals surface area (Å²) in [6.07, 6.45) is 5.30. The van der Waals surface area contributed by atoms with Crippen molar-refractivity contribution in [1.29, 1.82) is 0 Å². The highest BCUT2D eigenvalue weighted by Gasteiger charge is 2.10. The van der Waals surface area contributed by atoms with Crippen LogP contribution in [0.3, 0.4) is 0 Å². The number of rotatable bonds is 7. The SMILES string of the molecule is Cc1cc(-c2ccccc2)nc(-c2ccccc2)n1.Cc1nc(-c2ccccc2)cc(-c2ccccc2)n1.Cc1nc(-c2ccccn2)cc(-c2ccccn2)n1.Cc1nc(N)nc(N)n1.Cc1nccc(-c2ccccc2)n1. The van der Waals surface area contributed by atoms with E-state index >= 15 is 0 Å². The molecule has 15 heteroatoms. The molecular formula is C64H57N15. The van der Waals surface area contributed by atoms with Crippen molar-refractivity contribution in [2.75, 3.05) is 11.5 Å². The minimum absolute atomic E-state index is 0.167. The van der Waals surface area contributed by atoms with Gasteiger partial charge in [0.1, 0.15) is 23.3 Å². The van der Waals surface area contributed by atoms with Crippen LogP contribution >= 0.6 is 0 Å². The lowest BCUT2D eigenvalue weighted by Crippen LogP contribution is -2.03. The number of hydrogen-bond donors (Lipinski definition) is 2. The summed E-state index contributed by atoms with van der Waals surface area (Å²) in [4.78, 5) is 55.1. The summed E-state index contributed by atoms with van der Waals surface area (Å²) >= 11 is 0. The summed E-state index contributed by atoms with van der Waals surface area (Å²) in [5.74, 6) is 3.96. The van der Waals surface area contributed by atoms with Crippen LogP contribution < -0.4 is 11.5 Å². The van der Waals surface area contributed by atoms with E-state index in [1.807, 2.05) is 204 Å². The Hall–Kier alpha value is -10.7. The highest BCUT2D eigenvalue weighted by molar-refractivity contribution is 5.68. The fraction of sp³-hybridized carbons (Fsp3) is 0.0781. The van der Waals surface area contributed by atoms with Gasteiger partial charge < -0.3 is 11.5 Å². The highest BCUT2D eigenvalue weighted by atomic mass is 15.1. The van der Waals surface area contributed by atoms with Gasteiger partial charge in [-0.15, -0.1) is 0 Å². The maximum atomic E-state index is 5.22. The Labute approximate surface area is 459 Å². The zero-order valence-electron chi connectivity index (χ0n) is 44.4. The molecule has 0 bridgehead atoms. The second-order valence-electron chi connectivity index (χ2n) is 17.4. The molecule has 0 fully saturated rings. The van der Waals surface area contributed by atoms with E-state index < -0.39 is 0 Å². The Kier molecular flexibility index (Phi) is 19.2. The smallest absolute Gasteiger partial charge is 0.225 e. The van der Waals surface area contributed by atoms with Gasteiger partial charge in [0.15, 0.2) is 5.82 Å². The minimum atomic E-state index is 0.167. The van der Waals surface area contributed by atoms with Gasteiger partial charge in [-0.3, -0.25) is 9.97 Å². The Morgan fingerprint density at radius 2 is 0.595 bits per heavy atom. The van der Waals surface area contributed by atoms with Crippen LogP contribution in [0.5, 0.6) is 0 Å². The molecule has 7 aromatic heterocycles. The summed E-state index contributed by atoms with van der Waals surface area (Å²) in [5, 5.41) is 0. The van der Waals surface area contributed by atoms with Gasteiger partial charge in [-0.1, -0.05) is 164 Å². The monoisotopic (exact) mass is 1040 g/mol. The van der Waals surface area contributed by atoms with Crippen molar-refractivity contribution >= 4 is 11.9 Å². The van der Waals surface area contributed by atoms with E-state index in [4.69, 9.17) is 11.5 Å². The number of aryl methyl sites for hydroxylation is 5. The Bertz CT molecular complexity index is 3270. The molecule has 15 nitrogen and oxygen atoms in total. The lowest BCUT2D eigenvalue weighted by atomic mass is 10.1. The number of nitrogens with zero attached hydrogens (tertiary/aromatic N) is 13. The van der Waals surface area contributed by atoms with Crippen LogP contribution in [-0.4, -0.2) is 64.8 Å². The molecule has 79 heavy (non-hydrogen) atoms. The predicted molar refractivity (Wildman–Crippen MR) is 314 cm³/mol. The molecule has 12 rings (SSSR count). The van der Waals surface area contributed by atoms with Gasteiger partial charge in [0.05, 0.1) is 45.6 Å².